The molecule has 0 fully saturated rings. The normalized spacial score (nSPS) is 12.2. The second kappa shape index (κ2) is 7.49. The summed E-state index contributed by atoms with van der Waals surface area (Å²) in [5.41, 5.74) is 2.54. The molecule has 1 aromatic rings. The fourth-order valence-electron chi connectivity index (χ4n) is 1.58. The summed E-state index contributed by atoms with van der Waals surface area (Å²) < 4.78 is 4.98. The average Bonchev–Trinajstić information content (AvgIpc) is 2.36. The lowest BCUT2D eigenvalue weighted by Gasteiger charge is -2.10. The first-order valence-electron chi connectivity index (χ1n) is 5.97. The van der Waals surface area contributed by atoms with E-state index in [4.69, 9.17) is 4.74 Å². The Labute approximate surface area is 111 Å². The highest BCUT2D eigenvalue weighted by Crippen LogP contribution is 2.13. The quantitative estimate of drug-likeness (QED) is 0.591. The van der Waals surface area contributed by atoms with Crippen molar-refractivity contribution in [1.82, 2.24) is 0 Å². The maximum Gasteiger partial charge on any atom is 0.308 e. The molecule has 94 valence electrons. The fraction of sp³-hybridized carbons (Fsp3) is 0.500. The first-order valence-corrected chi connectivity index (χ1v) is 7.10. The Morgan fingerprint density at radius 1 is 1.29 bits per heavy atom. The zero-order valence-corrected chi connectivity index (χ0v) is 12.0. The van der Waals surface area contributed by atoms with Gasteiger partial charge in [0.15, 0.2) is 0 Å². The van der Waals surface area contributed by atoms with Crippen LogP contribution in [0.3, 0.4) is 0 Å². The predicted molar refractivity (Wildman–Crippen MR) is 73.2 cm³/mol. The third-order valence-corrected chi connectivity index (χ3v) is 3.38. The molecule has 0 aliphatic rings. The van der Waals surface area contributed by atoms with Crippen molar-refractivity contribution in [2.75, 3.05) is 6.61 Å². The van der Waals surface area contributed by atoms with Gasteiger partial charge in [0.05, 0.1) is 12.5 Å². The van der Waals surface area contributed by atoms with E-state index in [0.29, 0.717) is 6.61 Å². The smallest absolute Gasteiger partial charge is 0.308 e. The van der Waals surface area contributed by atoms with Gasteiger partial charge in [0, 0.05) is 5.33 Å². The van der Waals surface area contributed by atoms with Crippen molar-refractivity contribution in [3.63, 3.8) is 0 Å². The van der Waals surface area contributed by atoms with E-state index < -0.39 is 0 Å². The van der Waals surface area contributed by atoms with Gasteiger partial charge in [-0.25, -0.2) is 0 Å². The third kappa shape index (κ3) is 4.90. The van der Waals surface area contributed by atoms with Crippen LogP contribution in [0, 0.1) is 5.92 Å². The molecule has 0 saturated carbocycles. The van der Waals surface area contributed by atoms with Crippen LogP contribution in [0.5, 0.6) is 0 Å². The molecule has 1 unspecified atom stereocenters. The van der Waals surface area contributed by atoms with E-state index in [1.54, 1.807) is 0 Å². The molecule has 0 aromatic heterocycles. The Morgan fingerprint density at radius 3 is 2.41 bits per heavy atom. The molecule has 1 rings (SSSR count). The summed E-state index contributed by atoms with van der Waals surface area (Å²) in [4.78, 5) is 11.4. The lowest BCUT2D eigenvalue weighted by atomic mass is 10.0. The SMILES string of the molecule is CCOC(=O)C(C)CCc1ccc(CBr)cc1. The third-order valence-electron chi connectivity index (χ3n) is 2.73. The Kier molecular flexibility index (Phi) is 6.27. The molecule has 0 N–H and O–H groups in total. The number of carbonyl (C=O) groups is 1. The maximum atomic E-state index is 11.4. The summed E-state index contributed by atoms with van der Waals surface area (Å²) in [6, 6.07) is 8.46. The zero-order chi connectivity index (χ0) is 12.7. The van der Waals surface area contributed by atoms with Crippen molar-refractivity contribution in [3.8, 4) is 0 Å². The van der Waals surface area contributed by atoms with Gasteiger partial charge in [-0.05, 0) is 30.9 Å². The molecule has 3 heteroatoms. The van der Waals surface area contributed by atoms with Gasteiger partial charge in [-0.15, -0.1) is 0 Å². The summed E-state index contributed by atoms with van der Waals surface area (Å²) in [5.74, 6) is -0.115. The highest BCUT2D eigenvalue weighted by molar-refractivity contribution is 9.08. The van der Waals surface area contributed by atoms with Gasteiger partial charge >= 0.3 is 5.97 Å². The maximum absolute atomic E-state index is 11.4. The molecular weight excluding hydrogens is 280 g/mol. The van der Waals surface area contributed by atoms with Gasteiger partial charge in [0.2, 0.25) is 0 Å². The Balaban J connectivity index is 2.41. The summed E-state index contributed by atoms with van der Waals surface area (Å²) >= 11 is 3.42. The number of hydrogen-bond acceptors (Lipinski definition) is 2. The minimum atomic E-state index is -0.0930. The molecule has 0 spiro atoms. The molecule has 1 atom stereocenters. The average molecular weight is 299 g/mol. The molecule has 0 radical (unpaired) electrons. The molecule has 0 saturated heterocycles. The zero-order valence-electron chi connectivity index (χ0n) is 10.4. The van der Waals surface area contributed by atoms with Crippen molar-refractivity contribution in [1.29, 1.82) is 0 Å². The lowest BCUT2D eigenvalue weighted by molar-refractivity contribution is -0.147. The number of ether oxygens (including phenoxy) is 1. The highest BCUT2D eigenvalue weighted by atomic mass is 79.9. The van der Waals surface area contributed by atoms with Gasteiger partial charge in [0.25, 0.3) is 0 Å². The first kappa shape index (κ1) is 14.2. The fourth-order valence-corrected chi connectivity index (χ4v) is 1.95. The number of rotatable bonds is 6. The van der Waals surface area contributed by atoms with E-state index in [-0.39, 0.29) is 11.9 Å². The van der Waals surface area contributed by atoms with Crippen molar-refractivity contribution in [3.05, 3.63) is 35.4 Å². The number of hydrogen-bond donors (Lipinski definition) is 0. The minimum Gasteiger partial charge on any atom is -0.466 e. The van der Waals surface area contributed by atoms with Crippen LogP contribution in [0.2, 0.25) is 0 Å². The lowest BCUT2D eigenvalue weighted by Crippen LogP contribution is -2.15. The van der Waals surface area contributed by atoms with Crippen molar-refractivity contribution >= 4 is 21.9 Å². The van der Waals surface area contributed by atoms with Crippen LogP contribution < -0.4 is 0 Å². The molecule has 0 heterocycles. The van der Waals surface area contributed by atoms with Crippen LogP contribution in [0.25, 0.3) is 0 Å². The molecular formula is C14H19BrO2. The largest absolute Gasteiger partial charge is 0.466 e. The van der Waals surface area contributed by atoms with Crippen LogP contribution in [0.1, 0.15) is 31.4 Å². The van der Waals surface area contributed by atoms with E-state index in [0.717, 1.165) is 18.2 Å². The van der Waals surface area contributed by atoms with Gasteiger partial charge in [-0.2, -0.15) is 0 Å². The van der Waals surface area contributed by atoms with Gasteiger partial charge in [-0.3, -0.25) is 4.79 Å². The second-order valence-corrected chi connectivity index (χ2v) is 4.70. The van der Waals surface area contributed by atoms with Crippen LogP contribution in [-0.4, -0.2) is 12.6 Å². The van der Waals surface area contributed by atoms with Crippen molar-refractivity contribution in [2.45, 2.75) is 32.0 Å². The van der Waals surface area contributed by atoms with Gasteiger partial charge in [0.1, 0.15) is 0 Å². The number of esters is 1. The molecule has 0 aliphatic heterocycles. The van der Waals surface area contributed by atoms with E-state index in [9.17, 15) is 4.79 Å². The molecule has 0 aliphatic carbocycles. The van der Waals surface area contributed by atoms with E-state index in [1.165, 1.54) is 11.1 Å². The van der Waals surface area contributed by atoms with E-state index in [2.05, 4.69) is 40.2 Å². The molecule has 2 nitrogen and oxygen atoms in total. The number of alkyl halides is 1. The monoisotopic (exact) mass is 298 g/mol. The number of halogens is 1. The minimum absolute atomic E-state index is 0.0224. The second-order valence-electron chi connectivity index (χ2n) is 4.14. The van der Waals surface area contributed by atoms with Gasteiger partial charge in [-0.1, -0.05) is 47.1 Å². The standard InChI is InChI=1S/C14H19BrO2/c1-3-17-14(16)11(2)4-5-12-6-8-13(10-15)9-7-12/h6-9,11H,3-5,10H2,1-2H3. The van der Waals surface area contributed by atoms with E-state index in [1.807, 2.05) is 13.8 Å². The van der Waals surface area contributed by atoms with Crippen LogP contribution >= 0.6 is 15.9 Å². The topological polar surface area (TPSA) is 26.3 Å². The summed E-state index contributed by atoms with van der Waals surface area (Å²) in [5, 5.41) is 0.881. The number of benzene rings is 1. The Hall–Kier alpha value is -0.830. The van der Waals surface area contributed by atoms with Crippen molar-refractivity contribution in [2.24, 2.45) is 5.92 Å². The Morgan fingerprint density at radius 2 is 1.88 bits per heavy atom. The first-order chi connectivity index (χ1) is 8.17. The van der Waals surface area contributed by atoms with Gasteiger partial charge < -0.3 is 4.74 Å². The van der Waals surface area contributed by atoms with Crippen LogP contribution in [-0.2, 0) is 21.3 Å². The summed E-state index contributed by atoms with van der Waals surface area (Å²) in [6.07, 6.45) is 1.76. The highest BCUT2D eigenvalue weighted by Gasteiger charge is 2.13. The molecule has 0 amide bonds. The summed E-state index contributed by atoms with van der Waals surface area (Å²) in [6.45, 7) is 4.22. The molecule has 17 heavy (non-hydrogen) atoms. The summed E-state index contributed by atoms with van der Waals surface area (Å²) in [7, 11) is 0. The number of carbonyl (C=O) groups excluding carboxylic acids is 1. The predicted octanol–water partition coefficient (Wildman–Crippen LogP) is 3.71. The molecule has 1 aromatic carbocycles. The molecule has 0 bridgehead atoms. The Bertz CT molecular complexity index is 346. The van der Waals surface area contributed by atoms with E-state index >= 15 is 0 Å². The number of aryl methyl sites for hydroxylation is 1. The van der Waals surface area contributed by atoms with Crippen LogP contribution in [0.15, 0.2) is 24.3 Å². The van der Waals surface area contributed by atoms with Crippen molar-refractivity contribution < 1.29 is 9.53 Å². The van der Waals surface area contributed by atoms with Crippen LogP contribution in [0.4, 0.5) is 0 Å².